The minimum absolute atomic E-state index is 0.0122. The number of ether oxygens (including phenoxy) is 3. The molecule has 1 aliphatic rings. The van der Waals surface area contributed by atoms with Crippen molar-refractivity contribution >= 4 is 12.0 Å². The van der Waals surface area contributed by atoms with Gasteiger partial charge in [0.05, 0.1) is 26.9 Å². The maximum atomic E-state index is 12.8. The first-order valence-electron chi connectivity index (χ1n) is 9.59. The Kier molecular flexibility index (Phi) is 6.58. The fourth-order valence-electron chi connectivity index (χ4n) is 3.52. The van der Waals surface area contributed by atoms with Crippen LogP contribution in [-0.2, 0) is 4.79 Å². The van der Waals surface area contributed by atoms with Crippen LogP contribution in [0.1, 0.15) is 36.9 Å². The number of carbonyl (C=O) groups excluding carboxylic acids is 1. The third-order valence-electron chi connectivity index (χ3n) is 4.90. The number of hydrogen-bond donors (Lipinski definition) is 0. The maximum absolute atomic E-state index is 12.8. The van der Waals surface area contributed by atoms with Gasteiger partial charge in [0.25, 0.3) is 0 Å². The van der Waals surface area contributed by atoms with Crippen molar-refractivity contribution in [2.45, 2.75) is 25.8 Å². The van der Waals surface area contributed by atoms with Crippen molar-refractivity contribution in [1.82, 2.24) is 4.90 Å². The van der Waals surface area contributed by atoms with Crippen molar-refractivity contribution in [3.8, 4) is 17.2 Å². The Morgan fingerprint density at radius 3 is 2.36 bits per heavy atom. The van der Waals surface area contributed by atoms with Gasteiger partial charge < -0.3 is 19.1 Å². The van der Waals surface area contributed by atoms with Crippen molar-refractivity contribution < 1.29 is 19.0 Å². The normalized spacial score (nSPS) is 16.4. The first kappa shape index (κ1) is 19.8. The van der Waals surface area contributed by atoms with Crippen LogP contribution in [0.15, 0.2) is 48.5 Å². The van der Waals surface area contributed by atoms with E-state index in [1.807, 2.05) is 42.2 Å². The lowest BCUT2D eigenvalue weighted by Gasteiger charge is -2.24. The molecule has 0 aliphatic carbocycles. The molecule has 1 amide bonds. The lowest BCUT2D eigenvalue weighted by atomic mass is 10.0. The highest BCUT2D eigenvalue weighted by Crippen LogP contribution is 2.33. The van der Waals surface area contributed by atoms with E-state index in [4.69, 9.17) is 14.2 Å². The molecule has 5 heteroatoms. The molecular formula is C23H27NO4. The van der Waals surface area contributed by atoms with Crippen LogP contribution in [-0.4, -0.2) is 38.2 Å². The largest absolute Gasteiger partial charge is 0.497 e. The number of amides is 1. The lowest BCUT2D eigenvalue weighted by Crippen LogP contribution is -2.28. The number of carbonyl (C=O) groups is 1. The van der Waals surface area contributed by atoms with Gasteiger partial charge in [-0.25, -0.2) is 0 Å². The molecule has 0 N–H and O–H groups in total. The average Bonchev–Trinajstić information content (AvgIpc) is 3.22. The zero-order chi connectivity index (χ0) is 19.9. The van der Waals surface area contributed by atoms with Gasteiger partial charge >= 0.3 is 0 Å². The van der Waals surface area contributed by atoms with Crippen LogP contribution in [0.2, 0.25) is 0 Å². The van der Waals surface area contributed by atoms with Gasteiger partial charge in [0, 0.05) is 18.7 Å². The Morgan fingerprint density at radius 2 is 1.75 bits per heavy atom. The van der Waals surface area contributed by atoms with Crippen LogP contribution in [0.25, 0.3) is 6.08 Å². The van der Waals surface area contributed by atoms with Crippen molar-refractivity contribution in [3.63, 3.8) is 0 Å². The summed E-state index contributed by atoms with van der Waals surface area (Å²) in [6.45, 7) is 3.38. The maximum Gasteiger partial charge on any atom is 0.247 e. The Bertz CT molecular complexity index is 807. The van der Waals surface area contributed by atoms with Gasteiger partial charge in [0.2, 0.25) is 5.91 Å². The number of rotatable bonds is 7. The second kappa shape index (κ2) is 9.31. The minimum Gasteiger partial charge on any atom is -0.497 e. The monoisotopic (exact) mass is 381 g/mol. The quantitative estimate of drug-likeness (QED) is 0.664. The molecular weight excluding hydrogens is 354 g/mol. The number of hydrogen-bond acceptors (Lipinski definition) is 4. The Morgan fingerprint density at radius 1 is 1.07 bits per heavy atom. The Labute approximate surface area is 166 Å². The van der Waals surface area contributed by atoms with Crippen LogP contribution in [0.5, 0.6) is 17.2 Å². The number of methoxy groups -OCH3 is 2. The summed E-state index contributed by atoms with van der Waals surface area (Å²) in [7, 11) is 3.22. The highest BCUT2D eigenvalue weighted by atomic mass is 16.5. The molecule has 1 aliphatic heterocycles. The summed E-state index contributed by atoms with van der Waals surface area (Å²) in [6.07, 6.45) is 5.41. The molecule has 0 spiro atoms. The number of likely N-dealkylation sites (tertiary alicyclic amines) is 1. The fourth-order valence-corrected chi connectivity index (χ4v) is 3.52. The minimum atomic E-state index is 0.0122. The standard InChI is InChI=1S/C23H27NO4/c1-4-28-19-10-8-18(9-11-19)22-6-5-13-24(22)23(25)12-7-17-14-20(26-2)16-21(15-17)27-3/h7-12,14-16,22H,4-6,13H2,1-3H3. The van der Waals surface area contributed by atoms with Crippen molar-refractivity contribution in [2.24, 2.45) is 0 Å². The first-order chi connectivity index (χ1) is 13.6. The van der Waals surface area contributed by atoms with Gasteiger partial charge in [-0.05, 0) is 61.2 Å². The van der Waals surface area contributed by atoms with E-state index >= 15 is 0 Å². The third-order valence-corrected chi connectivity index (χ3v) is 4.90. The second-order valence-corrected chi connectivity index (χ2v) is 6.67. The molecule has 1 saturated heterocycles. The van der Waals surface area contributed by atoms with Crippen molar-refractivity contribution in [1.29, 1.82) is 0 Å². The van der Waals surface area contributed by atoms with E-state index < -0.39 is 0 Å². The molecule has 1 fully saturated rings. The van der Waals surface area contributed by atoms with Gasteiger partial charge in [-0.1, -0.05) is 12.1 Å². The number of nitrogens with zero attached hydrogens (tertiary/aromatic N) is 1. The summed E-state index contributed by atoms with van der Waals surface area (Å²) in [5, 5.41) is 0. The third kappa shape index (κ3) is 4.66. The van der Waals surface area contributed by atoms with Crippen LogP contribution in [0.3, 0.4) is 0 Å². The van der Waals surface area contributed by atoms with E-state index in [0.29, 0.717) is 18.1 Å². The SMILES string of the molecule is CCOc1ccc(C2CCCN2C(=O)C=Cc2cc(OC)cc(OC)c2)cc1. The van der Waals surface area contributed by atoms with E-state index in [0.717, 1.165) is 36.3 Å². The molecule has 1 heterocycles. The smallest absolute Gasteiger partial charge is 0.247 e. The predicted molar refractivity (Wildman–Crippen MR) is 110 cm³/mol. The summed E-state index contributed by atoms with van der Waals surface area (Å²) in [5.41, 5.74) is 2.01. The zero-order valence-corrected chi connectivity index (χ0v) is 16.7. The molecule has 3 rings (SSSR count). The summed E-state index contributed by atoms with van der Waals surface area (Å²) in [4.78, 5) is 14.8. The molecule has 5 nitrogen and oxygen atoms in total. The highest BCUT2D eigenvalue weighted by molar-refractivity contribution is 5.92. The van der Waals surface area contributed by atoms with E-state index in [1.54, 1.807) is 26.4 Å². The van der Waals surface area contributed by atoms with Crippen LogP contribution >= 0.6 is 0 Å². The summed E-state index contributed by atoms with van der Waals surface area (Å²) in [6, 6.07) is 13.7. The molecule has 0 bridgehead atoms. The fraction of sp³-hybridized carbons (Fsp3) is 0.348. The molecule has 28 heavy (non-hydrogen) atoms. The summed E-state index contributed by atoms with van der Waals surface area (Å²) in [5.74, 6) is 2.26. The van der Waals surface area contributed by atoms with Crippen LogP contribution < -0.4 is 14.2 Å². The molecule has 0 radical (unpaired) electrons. The summed E-state index contributed by atoms with van der Waals surface area (Å²) >= 11 is 0. The molecule has 0 saturated carbocycles. The highest BCUT2D eigenvalue weighted by Gasteiger charge is 2.28. The molecule has 2 aromatic rings. The van der Waals surface area contributed by atoms with Gasteiger partial charge in [-0.15, -0.1) is 0 Å². The van der Waals surface area contributed by atoms with E-state index in [2.05, 4.69) is 12.1 Å². The molecule has 1 unspecified atom stereocenters. The topological polar surface area (TPSA) is 48.0 Å². The first-order valence-corrected chi connectivity index (χ1v) is 9.59. The average molecular weight is 381 g/mol. The molecule has 1 atom stereocenters. The van der Waals surface area contributed by atoms with Crippen LogP contribution in [0, 0.1) is 0 Å². The lowest BCUT2D eigenvalue weighted by molar-refractivity contribution is -0.126. The Hall–Kier alpha value is -2.95. The van der Waals surface area contributed by atoms with Crippen molar-refractivity contribution in [2.75, 3.05) is 27.4 Å². The van der Waals surface area contributed by atoms with E-state index in [1.165, 1.54) is 0 Å². The van der Waals surface area contributed by atoms with Gasteiger partial charge in [-0.3, -0.25) is 4.79 Å². The van der Waals surface area contributed by atoms with E-state index in [-0.39, 0.29) is 11.9 Å². The molecule has 0 aromatic heterocycles. The second-order valence-electron chi connectivity index (χ2n) is 6.67. The van der Waals surface area contributed by atoms with E-state index in [9.17, 15) is 4.79 Å². The van der Waals surface area contributed by atoms with Gasteiger partial charge in [0.1, 0.15) is 17.2 Å². The zero-order valence-electron chi connectivity index (χ0n) is 16.7. The summed E-state index contributed by atoms with van der Waals surface area (Å²) < 4.78 is 16.1. The predicted octanol–water partition coefficient (Wildman–Crippen LogP) is 4.48. The van der Waals surface area contributed by atoms with Crippen LogP contribution in [0.4, 0.5) is 0 Å². The molecule has 148 valence electrons. The van der Waals surface area contributed by atoms with Gasteiger partial charge in [-0.2, -0.15) is 0 Å². The van der Waals surface area contributed by atoms with Crippen molar-refractivity contribution in [3.05, 3.63) is 59.7 Å². The Balaban J connectivity index is 1.73. The number of benzene rings is 2. The van der Waals surface area contributed by atoms with Gasteiger partial charge in [0.15, 0.2) is 0 Å². The molecule has 2 aromatic carbocycles.